The number of hydrogen-bond acceptors (Lipinski definition) is 3. The van der Waals surface area contributed by atoms with Crippen molar-refractivity contribution >= 4 is 0 Å². The minimum atomic E-state index is -0.580. The fourth-order valence-electron chi connectivity index (χ4n) is 2.99. The van der Waals surface area contributed by atoms with Crippen molar-refractivity contribution in [3.8, 4) is 0 Å². The predicted octanol–water partition coefficient (Wildman–Crippen LogP) is 2.64. The van der Waals surface area contributed by atoms with Crippen LogP contribution in [0.5, 0.6) is 0 Å². The molecule has 0 aromatic rings. The van der Waals surface area contributed by atoms with Gasteiger partial charge in [-0.05, 0) is 37.7 Å². The Labute approximate surface area is 104 Å². The van der Waals surface area contributed by atoms with Gasteiger partial charge in [0.15, 0.2) is 0 Å². The van der Waals surface area contributed by atoms with Crippen molar-refractivity contribution in [1.82, 2.24) is 0 Å². The Hall–Kier alpha value is -0.540. The molecule has 3 heteroatoms. The van der Waals surface area contributed by atoms with E-state index in [2.05, 4.69) is 0 Å². The maximum absolute atomic E-state index is 10.4. The van der Waals surface area contributed by atoms with Crippen LogP contribution in [0.1, 0.15) is 44.9 Å². The van der Waals surface area contributed by atoms with E-state index in [4.69, 9.17) is 9.47 Å². The van der Waals surface area contributed by atoms with Gasteiger partial charge in [-0.15, -0.1) is 0 Å². The van der Waals surface area contributed by atoms with Gasteiger partial charge in [-0.2, -0.15) is 0 Å². The molecule has 0 aromatic carbocycles. The zero-order valence-corrected chi connectivity index (χ0v) is 10.7. The van der Waals surface area contributed by atoms with Gasteiger partial charge in [-0.1, -0.05) is 19.3 Å². The summed E-state index contributed by atoms with van der Waals surface area (Å²) in [4.78, 5) is 0. The number of hydrogen-bond donors (Lipinski definition) is 1. The van der Waals surface area contributed by atoms with Crippen LogP contribution < -0.4 is 0 Å². The van der Waals surface area contributed by atoms with E-state index in [9.17, 15) is 5.11 Å². The first-order chi connectivity index (χ1) is 8.33. The van der Waals surface area contributed by atoms with Gasteiger partial charge in [-0.3, -0.25) is 0 Å². The van der Waals surface area contributed by atoms with Crippen LogP contribution in [-0.4, -0.2) is 31.0 Å². The average Bonchev–Trinajstić information content (AvgIpc) is 2.42. The lowest BCUT2D eigenvalue weighted by atomic mass is 9.82. The van der Waals surface area contributed by atoms with Crippen LogP contribution in [0.25, 0.3) is 0 Å². The lowest BCUT2D eigenvalue weighted by Crippen LogP contribution is -2.38. The summed E-state index contributed by atoms with van der Waals surface area (Å²) < 4.78 is 11.1. The van der Waals surface area contributed by atoms with Crippen LogP contribution in [0, 0.1) is 5.92 Å². The molecule has 2 rings (SSSR count). The van der Waals surface area contributed by atoms with E-state index in [-0.39, 0.29) is 6.10 Å². The van der Waals surface area contributed by atoms with Crippen molar-refractivity contribution in [2.45, 2.75) is 57.2 Å². The van der Waals surface area contributed by atoms with E-state index >= 15 is 0 Å². The van der Waals surface area contributed by atoms with Crippen LogP contribution in [0.3, 0.4) is 0 Å². The van der Waals surface area contributed by atoms with Crippen LogP contribution in [0.15, 0.2) is 11.8 Å². The van der Waals surface area contributed by atoms with Crippen LogP contribution in [0.4, 0.5) is 0 Å². The molecule has 1 aliphatic carbocycles. The molecule has 17 heavy (non-hydrogen) atoms. The first-order valence-electron chi connectivity index (χ1n) is 6.86. The van der Waals surface area contributed by atoms with Gasteiger partial charge in [0.2, 0.25) is 0 Å². The molecule has 1 heterocycles. The Bertz CT molecular complexity index is 256. The molecule has 0 spiro atoms. The highest BCUT2D eigenvalue weighted by Crippen LogP contribution is 2.31. The Morgan fingerprint density at radius 3 is 2.65 bits per heavy atom. The Balaban J connectivity index is 1.98. The van der Waals surface area contributed by atoms with E-state index < -0.39 is 6.10 Å². The molecule has 0 radical (unpaired) electrons. The second-order valence-corrected chi connectivity index (χ2v) is 5.14. The molecule has 98 valence electrons. The molecule has 1 saturated carbocycles. The summed E-state index contributed by atoms with van der Waals surface area (Å²) in [5, 5.41) is 10.4. The summed E-state index contributed by atoms with van der Waals surface area (Å²) in [5.74, 6) is 1.21. The summed E-state index contributed by atoms with van der Waals surface area (Å²) in [6.45, 7) is 0.726. The zero-order valence-electron chi connectivity index (χ0n) is 10.7. The number of rotatable bonds is 4. The Morgan fingerprint density at radius 1 is 1.29 bits per heavy atom. The van der Waals surface area contributed by atoms with E-state index in [0.29, 0.717) is 5.92 Å². The van der Waals surface area contributed by atoms with Gasteiger partial charge in [0, 0.05) is 7.11 Å². The predicted molar refractivity (Wildman–Crippen MR) is 66.6 cm³/mol. The summed E-state index contributed by atoms with van der Waals surface area (Å²) >= 11 is 0. The van der Waals surface area contributed by atoms with E-state index in [1.807, 2.05) is 6.08 Å². The number of allylic oxidation sites excluding steroid dienone is 1. The zero-order chi connectivity index (χ0) is 12.1. The molecule has 3 nitrogen and oxygen atoms in total. The van der Waals surface area contributed by atoms with Gasteiger partial charge < -0.3 is 14.6 Å². The molecule has 0 aromatic heterocycles. The van der Waals surface area contributed by atoms with Crippen LogP contribution in [0.2, 0.25) is 0 Å². The topological polar surface area (TPSA) is 38.7 Å². The largest absolute Gasteiger partial charge is 0.495 e. The highest BCUT2D eigenvalue weighted by atomic mass is 16.5. The SMILES string of the molecule is COC(C1CCCCC1)C(O)C1=CCCCO1. The smallest absolute Gasteiger partial charge is 0.137 e. The second-order valence-electron chi connectivity index (χ2n) is 5.14. The van der Waals surface area contributed by atoms with Crippen LogP contribution in [-0.2, 0) is 9.47 Å². The van der Waals surface area contributed by atoms with Crippen molar-refractivity contribution < 1.29 is 14.6 Å². The molecule has 2 aliphatic rings. The second kappa shape index (κ2) is 6.41. The fourth-order valence-corrected chi connectivity index (χ4v) is 2.99. The number of ether oxygens (including phenoxy) is 2. The van der Waals surface area contributed by atoms with Crippen molar-refractivity contribution in [3.05, 3.63) is 11.8 Å². The quantitative estimate of drug-likeness (QED) is 0.821. The highest BCUT2D eigenvalue weighted by Gasteiger charge is 2.32. The Morgan fingerprint density at radius 2 is 2.06 bits per heavy atom. The molecule has 0 saturated heterocycles. The molecule has 1 aliphatic heterocycles. The third-order valence-electron chi connectivity index (χ3n) is 3.95. The Kier molecular flexibility index (Phi) is 4.86. The molecule has 0 bridgehead atoms. The van der Waals surface area contributed by atoms with Crippen molar-refractivity contribution in [1.29, 1.82) is 0 Å². The van der Waals surface area contributed by atoms with Crippen molar-refractivity contribution in [2.24, 2.45) is 5.92 Å². The lowest BCUT2D eigenvalue weighted by molar-refractivity contribution is -0.0612. The number of aliphatic hydroxyl groups excluding tert-OH is 1. The van der Waals surface area contributed by atoms with Crippen molar-refractivity contribution in [3.63, 3.8) is 0 Å². The number of aliphatic hydroxyl groups is 1. The lowest BCUT2D eigenvalue weighted by Gasteiger charge is -2.33. The van der Waals surface area contributed by atoms with Gasteiger partial charge in [-0.25, -0.2) is 0 Å². The highest BCUT2D eigenvalue weighted by molar-refractivity contribution is 5.06. The minimum Gasteiger partial charge on any atom is -0.495 e. The molecular formula is C14H24O3. The van der Waals surface area contributed by atoms with E-state index in [0.717, 1.165) is 25.2 Å². The minimum absolute atomic E-state index is 0.0975. The van der Waals surface area contributed by atoms with Crippen molar-refractivity contribution in [2.75, 3.05) is 13.7 Å². The van der Waals surface area contributed by atoms with Gasteiger partial charge in [0.25, 0.3) is 0 Å². The number of methoxy groups -OCH3 is 1. The van der Waals surface area contributed by atoms with Gasteiger partial charge in [0.05, 0.1) is 12.7 Å². The first-order valence-corrected chi connectivity index (χ1v) is 6.86. The monoisotopic (exact) mass is 240 g/mol. The van der Waals surface area contributed by atoms with Gasteiger partial charge in [0.1, 0.15) is 11.9 Å². The standard InChI is InChI=1S/C14H24O3/c1-16-14(11-7-3-2-4-8-11)13(15)12-9-5-6-10-17-12/h9,11,13-15H,2-8,10H2,1H3. The summed E-state index contributed by atoms with van der Waals surface area (Å²) in [5.41, 5.74) is 0. The summed E-state index contributed by atoms with van der Waals surface area (Å²) in [7, 11) is 1.70. The average molecular weight is 240 g/mol. The third kappa shape index (κ3) is 3.23. The summed E-state index contributed by atoms with van der Waals surface area (Å²) in [6.07, 6.45) is 9.58. The van der Waals surface area contributed by atoms with Gasteiger partial charge >= 0.3 is 0 Å². The molecule has 0 amide bonds. The van der Waals surface area contributed by atoms with Crippen LogP contribution >= 0.6 is 0 Å². The normalized spacial score (nSPS) is 25.9. The van der Waals surface area contributed by atoms with E-state index in [1.54, 1.807) is 7.11 Å². The molecule has 2 atom stereocenters. The fraction of sp³-hybridized carbons (Fsp3) is 0.857. The third-order valence-corrected chi connectivity index (χ3v) is 3.95. The summed E-state index contributed by atoms with van der Waals surface area (Å²) in [6, 6.07) is 0. The first kappa shape index (κ1) is 12.9. The molecule has 1 fully saturated rings. The molecular weight excluding hydrogens is 216 g/mol. The maximum Gasteiger partial charge on any atom is 0.137 e. The van der Waals surface area contributed by atoms with E-state index in [1.165, 1.54) is 32.1 Å². The molecule has 1 N–H and O–H groups in total. The maximum atomic E-state index is 10.4. The molecule has 2 unspecified atom stereocenters.